The summed E-state index contributed by atoms with van der Waals surface area (Å²) in [5.74, 6) is -12.6. The average molecular weight is 607 g/mol. The first-order valence-electron chi connectivity index (χ1n) is 13.9. The molecule has 1 amide bonds. The van der Waals surface area contributed by atoms with Gasteiger partial charge in [0.1, 0.15) is 5.56 Å². The number of nitrogens with zero attached hydrogens (tertiary/aromatic N) is 1. The van der Waals surface area contributed by atoms with Gasteiger partial charge in [-0.05, 0) is 23.1 Å². The number of aliphatic hydroxyl groups excluding tert-OH is 2. The topological polar surface area (TPSA) is 91.3 Å². The van der Waals surface area contributed by atoms with Crippen molar-refractivity contribution < 1.29 is 46.4 Å². The van der Waals surface area contributed by atoms with E-state index in [4.69, 9.17) is 9.47 Å². The fourth-order valence-corrected chi connectivity index (χ4v) is 5.43. The maximum Gasteiger partial charge on any atom is 0.257 e. The van der Waals surface area contributed by atoms with Gasteiger partial charge in [-0.2, -0.15) is 0 Å². The van der Waals surface area contributed by atoms with E-state index in [0.717, 1.165) is 17.7 Å². The third-order valence-corrected chi connectivity index (χ3v) is 7.95. The summed E-state index contributed by atoms with van der Waals surface area (Å²) >= 11 is 0. The van der Waals surface area contributed by atoms with Gasteiger partial charge >= 0.3 is 0 Å². The molecule has 3 N–H and O–H groups in total. The number of benzene rings is 3. The number of carbonyl (C=O) groups excluding carboxylic acids is 1. The molecule has 5 rings (SSSR count). The van der Waals surface area contributed by atoms with Crippen molar-refractivity contribution in [3.05, 3.63) is 105 Å². The van der Waals surface area contributed by atoms with Gasteiger partial charge in [-0.25, -0.2) is 22.0 Å². The Hall–Kier alpha value is -3.42. The number of nitrogens with one attached hydrogen (secondary N) is 1. The molecular formula is C31H31F5N2O5. The molecule has 2 heterocycles. The Kier molecular flexibility index (Phi) is 9.42. The molecule has 0 aromatic heterocycles. The molecule has 5 atom stereocenters. The Morgan fingerprint density at radius 2 is 1.47 bits per heavy atom. The summed E-state index contributed by atoms with van der Waals surface area (Å²) in [5, 5.41) is 21.6. The summed E-state index contributed by atoms with van der Waals surface area (Å²) in [5.41, 5.74) is 1.28. The van der Waals surface area contributed by atoms with Crippen LogP contribution in [0.1, 0.15) is 58.4 Å². The van der Waals surface area contributed by atoms with Gasteiger partial charge in [0.15, 0.2) is 29.6 Å². The highest BCUT2D eigenvalue weighted by atomic mass is 19.2. The van der Waals surface area contributed by atoms with Gasteiger partial charge in [0.2, 0.25) is 5.82 Å². The molecule has 7 nitrogen and oxygen atoms in total. The molecular weight excluding hydrogens is 575 g/mol. The molecule has 2 fully saturated rings. The van der Waals surface area contributed by atoms with Gasteiger partial charge in [-0.3, -0.25) is 9.69 Å². The van der Waals surface area contributed by atoms with Gasteiger partial charge in [0, 0.05) is 37.7 Å². The lowest BCUT2D eigenvalue weighted by Gasteiger charge is -2.42. The van der Waals surface area contributed by atoms with E-state index < -0.39 is 46.8 Å². The average Bonchev–Trinajstić information content (AvgIpc) is 3.43. The van der Waals surface area contributed by atoms with Gasteiger partial charge in [0.05, 0.1) is 24.9 Å². The SMILES string of the molecule is C[C@@H]1[C@H](CN2CC[C@H](O)C2)O[C@H](c2ccc(CNC(=O)c3c(F)c(F)c(F)c(F)c3F)cc2)O[C@@H]1c1ccc(CO)cc1. The predicted octanol–water partition coefficient (Wildman–Crippen LogP) is 4.66. The van der Waals surface area contributed by atoms with Crippen molar-refractivity contribution in [1.82, 2.24) is 10.2 Å². The minimum absolute atomic E-state index is 0.0506. The molecule has 0 radical (unpaired) electrons. The highest BCUT2D eigenvalue weighted by molar-refractivity contribution is 5.94. The van der Waals surface area contributed by atoms with E-state index in [1.165, 1.54) is 0 Å². The predicted molar refractivity (Wildman–Crippen MR) is 144 cm³/mol. The lowest BCUT2D eigenvalue weighted by Crippen LogP contribution is -2.44. The molecule has 2 aliphatic heterocycles. The zero-order valence-electron chi connectivity index (χ0n) is 23.2. The molecule has 0 aliphatic carbocycles. The molecule has 3 aromatic rings. The maximum absolute atomic E-state index is 14.0. The highest BCUT2D eigenvalue weighted by Crippen LogP contribution is 2.42. The second kappa shape index (κ2) is 13.1. The number of aliphatic hydroxyl groups is 2. The Morgan fingerprint density at radius 1 is 0.884 bits per heavy atom. The van der Waals surface area contributed by atoms with Crippen LogP contribution in [0, 0.1) is 35.0 Å². The molecule has 2 aliphatic rings. The summed E-state index contributed by atoms with van der Waals surface area (Å²) < 4.78 is 81.1. The number of rotatable bonds is 8. The van der Waals surface area contributed by atoms with Gasteiger partial charge in [0.25, 0.3) is 5.91 Å². The zero-order chi connectivity index (χ0) is 30.8. The van der Waals surface area contributed by atoms with Crippen LogP contribution >= 0.6 is 0 Å². The van der Waals surface area contributed by atoms with Gasteiger partial charge < -0.3 is 25.0 Å². The maximum atomic E-state index is 14.0. The van der Waals surface area contributed by atoms with Crippen LogP contribution < -0.4 is 5.32 Å². The third-order valence-electron chi connectivity index (χ3n) is 7.95. The monoisotopic (exact) mass is 606 g/mol. The number of hydrogen-bond donors (Lipinski definition) is 3. The minimum Gasteiger partial charge on any atom is -0.392 e. The number of ether oxygens (including phenoxy) is 2. The van der Waals surface area contributed by atoms with Crippen molar-refractivity contribution in [2.24, 2.45) is 5.92 Å². The van der Waals surface area contributed by atoms with Crippen molar-refractivity contribution in [3.63, 3.8) is 0 Å². The lowest BCUT2D eigenvalue weighted by molar-refractivity contribution is -0.276. The zero-order valence-corrected chi connectivity index (χ0v) is 23.2. The van der Waals surface area contributed by atoms with Crippen molar-refractivity contribution in [1.29, 1.82) is 0 Å². The number of likely N-dealkylation sites (tertiary alicyclic amines) is 1. The second-order valence-electron chi connectivity index (χ2n) is 10.9. The first kappa shape index (κ1) is 31.0. The molecule has 0 spiro atoms. The Labute approximate surface area is 244 Å². The Morgan fingerprint density at radius 3 is 2.05 bits per heavy atom. The molecule has 2 saturated heterocycles. The van der Waals surface area contributed by atoms with Crippen LogP contribution in [0.25, 0.3) is 0 Å². The molecule has 43 heavy (non-hydrogen) atoms. The first-order valence-corrected chi connectivity index (χ1v) is 13.9. The van der Waals surface area contributed by atoms with Crippen LogP contribution in [0.3, 0.4) is 0 Å². The van der Waals surface area contributed by atoms with Crippen molar-refractivity contribution in [2.45, 2.75) is 51.1 Å². The number of carbonyl (C=O) groups is 1. The standard InChI is InChI=1S/C31H31F5N2O5/c1-16-22(14-38-11-10-21(40)13-38)42-31(43-29(16)19-6-4-18(15-39)5-7-19)20-8-2-17(3-9-20)12-37-30(41)23-24(32)26(34)28(36)27(35)25(23)33/h2-9,16,21-22,29,31,39-40H,10-15H2,1H3,(H,37,41)/t16-,21+,22+,29+,31+/m1/s1. The summed E-state index contributed by atoms with van der Waals surface area (Å²) in [6, 6.07) is 14.1. The van der Waals surface area contributed by atoms with Crippen molar-refractivity contribution in [3.8, 4) is 0 Å². The molecule has 3 aromatic carbocycles. The van der Waals surface area contributed by atoms with Crippen molar-refractivity contribution >= 4 is 5.91 Å². The highest BCUT2D eigenvalue weighted by Gasteiger charge is 2.40. The Bertz CT molecular complexity index is 1430. The first-order chi connectivity index (χ1) is 20.6. The van der Waals surface area contributed by atoms with E-state index in [2.05, 4.69) is 10.2 Å². The molecule has 0 unspecified atom stereocenters. The molecule has 12 heteroatoms. The van der Waals surface area contributed by atoms with Gasteiger partial charge in [-0.1, -0.05) is 55.5 Å². The Balaban J connectivity index is 1.31. The third kappa shape index (κ3) is 6.58. The van der Waals surface area contributed by atoms with E-state index in [9.17, 15) is 37.0 Å². The molecule has 0 saturated carbocycles. The lowest BCUT2D eigenvalue weighted by atomic mass is 9.90. The normalized spacial score (nSPS) is 24.3. The summed E-state index contributed by atoms with van der Waals surface area (Å²) in [6.45, 7) is 3.60. The number of halogens is 5. The second-order valence-corrected chi connectivity index (χ2v) is 10.9. The van der Waals surface area contributed by atoms with Crippen LogP contribution in [-0.2, 0) is 22.6 Å². The van der Waals surface area contributed by atoms with E-state index >= 15 is 0 Å². The number of amides is 1. The quantitative estimate of drug-likeness (QED) is 0.196. The van der Waals surface area contributed by atoms with E-state index in [1.807, 2.05) is 31.2 Å². The summed E-state index contributed by atoms with van der Waals surface area (Å²) in [4.78, 5) is 14.5. The van der Waals surface area contributed by atoms with Gasteiger partial charge in [-0.15, -0.1) is 0 Å². The van der Waals surface area contributed by atoms with Crippen LogP contribution in [0.2, 0.25) is 0 Å². The summed E-state index contributed by atoms with van der Waals surface area (Å²) in [6.07, 6.45) is -1.05. The van der Waals surface area contributed by atoms with Crippen LogP contribution in [0.5, 0.6) is 0 Å². The van der Waals surface area contributed by atoms with E-state index in [1.54, 1.807) is 24.3 Å². The largest absolute Gasteiger partial charge is 0.392 e. The number of hydrogen-bond acceptors (Lipinski definition) is 6. The fraction of sp³-hybridized carbons (Fsp3) is 0.387. The molecule has 0 bridgehead atoms. The van der Waals surface area contributed by atoms with Crippen LogP contribution in [0.4, 0.5) is 22.0 Å². The van der Waals surface area contributed by atoms with E-state index in [-0.39, 0.29) is 37.4 Å². The fourth-order valence-electron chi connectivity index (χ4n) is 5.43. The van der Waals surface area contributed by atoms with E-state index in [0.29, 0.717) is 30.6 Å². The summed E-state index contributed by atoms with van der Waals surface area (Å²) in [7, 11) is 0. The smallest absolute Gasteiger partial charge is 0.257 e. The number of β-amino-alcohol motifs (C(OH)–C–C–N with tert-alkyl or cyclic N) is 1. The van der Waals surface area contributed by atoms with Crippen molar-refractivity contribution in [2.75, 3.05) is 19.6 Å². The van der Waals surface area contributed by atoms with Crippen LogP contribution in [0.15, 0.2) is 48.5 Å². The van der Waals surface area contributed by atoms with Crippen LogP contribution in [-0.4, -0.2) is 52.9 Å². The molecule has 230 valence electrons. The minimum atomic E-state index is -2.34.